The van der Waals surface area contributed by atoms with Crippen LogP contribution in [0.25, 0.3) is 0 Å². The van der Waals surface area contributed by atoms with Crippen molar-refractivity contribution >= 4 is 11.6 Å². The monoisotopic (exact) mass is 366 g/mol. The van der Waals surface area contributed by atoms with E-state index in [-0.39, 0.29) is 23.8 Å². The van der Waals surface area contributed by atoms with Crippen molar-refractivity contribution in [3.05, 3.63) is 64.2 Å². The smallest absolute Gasteiger partial charge is 0.387 e. The second-order valence-corrected chi connectivity index (χ2v) is 5.14. The minimum atomic E-state index is -2.87. The van der Waals surface area contributed by atoms with E-state index in [1.807, 2.05) is 0 Å². The van der Waals surface area contributed by atoms with E-state index in [2.05, 4.69) is 10.1 Å². The molecule has 7 nitrogen and oxygen atoms in total. The van der Waals surface area contributed by atoms with Gasteiger partial charge in [-0.3, -0.25) is 14.9 Å². The predicted molar refractivity (Wildman–Crippen MR) is 88.4 cm³/mol. The Morgan fingerprint density at radius 1 is 1.15 bits per heavy atom. The van der Waals surface area contributed by atoms with E-state index in [4.69, 9.17) is 4.74 Å². The largest absolute Gasteiger partial charge is 0.477 e. The van der Waals surface area contributed by atoms with Crippen LogP contribution in [-0.4, -0.2) is 30.6 Å². The Morgan fingerprint density at radius 3 is 2.50 bits per heavy atom. The summed E-state index contributed by atoms with van der Waals surface area (Å²) in [4.78, 5) is 22.0. The zero-order valence-electron chi connectivity index (χ0n) is 13.6. The minimum Gasteiger partial charge on any atom is -0.477 e. The van der Waals surface area contributed by atoms with E-state index in [1.165, 1.54) is 30.3 Å². The zero-order valence-corrected chi connectivity index (χ0v) is 13.6. The van der Waals surface area contributed by atoms with Gasteiger partial charge in [0.1, 0.15) is 5.75 Å². The van der Waals surface area contributed by atoms with Gasteiger partial charge in [0.05, 0.1) is 4.92 Å². The molecule has 1 N–H and O–H groups in total. The third kappa shape index (κ3) is 6.00. The second kappa shape index (κ2) is 9.30. The van der Waals surface area contributed by atoms with Gasteiger partial charge in [-0.2, -0.15) is 8.78 Å². The molecule has 0 radical (unpaired) electrons. The van der Waals surface area contributed by atoms with Gasteiger partial charge in [0.2, 0.25) is 0 Å². The summed E-state index contributed by atoms with van der Waals surface area (Å²) in [6.45, 7) is -2.93. The van der Waals surface area contributed by atoms with Crippen molar-refractivity contribution in [3.63, 3.8) is 0 Å². The Labute approximate surface area is 147 Å². The molecule has 0 bridgehead atoms. The number of rotatable bonds is 9. The van der Waals surface area contributed by atoms with Crippen LogP contribution >= 0.6 is 0 Å². The fourth-order valence-corrected chi connectivity index (χ4v) is 2.11. The molecule has 9 heteroatoms. The highest BCUT2D eigenvalue weighted by Gasteiger charge is 2.14. The summed E-state index contributed by atoms with van der Waals surface area (Å²) in [6, 6.07) is 11.8. The number of alkyl halides is 2. The Morgan fingerprint density at radius 2 is 1.85 bits per heavy atom. The number of hydrogen-bond donors (Lipinski definition) is 1. The van der Waals surface area contributed by atoms with Gasteiger partial charge >= 0.3 is 12.3 Å². The third-order valence-electron chi connectivity index (χ3n) is 3.31. The highest BCUT2D eigenvalue weighted by Crippen LogP contribution is 2.25. The Balaban J connectivity index is 1.75. The van der Waals surface area contributed by atoms with Gasteiger partial charge < -0.3 is 14.8 Å². The molecule has 2 rings (SSSR count). The number of carbonyl (C=O) groups excluding carboxylic acids is 1. The molecule has 26 heavy (non-hydrogen) atoms. The minimum absolute atomic E-state index is 0.0160. The van der Waals surface area contributed by atoms with Crippen LogP contribution in [0.15, 0.2) is 48.5 Å². The van der Waals surface area contributed by atoms with Gasteiger partial charge in [-0.25, -0.2) is 0 Å². The highest BCUT2D eigenvalue weighted by atomic mass is 19.3. The van der Waals surface area contributed by atoms with E-state index in [0.717, 1.165) is 5.56 Å². The van der Waals surface area contributed by atoms with Crippen LogP contribution in [0.3, 0.4) is 0 Å². The van der Waals surface area contributed by atoms with Crippen molar-refractivity contribution < 1.29 is 28.0 Å². The SMILES string of the molecule is O=C(COc1ccccc1[N+](=O)[O-])NCCc1ccc(OC(F)F)cc1. The first kappa shape index (κ1) is 19.1. The van der Waals surface area contributed by atoms with Gasteiger partial charge in [0, 0.05) is 12.6 Å². The Hall–Kier alpha value is -3.23. The van der Waals surface area contributed by atoms with Crippen LogP contribution in [0, 0.1) is 10.1 Å². The number of para-hydroxylation sites is 2. The first-order chi connectivity index (χ1) is 12.5. The summed E-state index contributed by atoms with van der Waals surface area (Å²) >= 11 is 0. The molecular weight excluding hydrogens is 350 g/mol. The fraction of sp³-hybridized carbons (Fsp3) is 0.235. The number of halogens is 2. The van der Waals surface area contributed by atoms with Crippen LogP contribution in [0.2, 0.25) is 0 Å². The number of benzene rings is 2. The molecule has 0 spiro atoms. The van der Waals surface area contributed by atoms with E-state index in [1.54, 1.807) is 18.2 Å². The van der Waals surface area contributed by atoms with Gasteiger partial charge in [-0.05, 0) is 30.2 Å². The molecule has 1 amide bonds. The van der Waals surface area contributed by atoms with E-state index >= 15 is 0 Å². The number of nitrogens with one attached hydrogen (secondary N) is 1. The number of hydrogen-bond acceptors (Lipinski definition) is 5. The molecule has 138 valence electrons. The van der Waals surface area contributed by atoms with Crippen molar-refractivity contribution in [1.29, 1.82) is 0 Å². The number of carbonyl (C=O) groups is 1. The second-order valence-electron chi connectivity index (χ2n) is 5.14. The van der Waals surface area contributed by atoms with E-state index < -0.39 is 17.4 Å². The van der Waals surface area contributed by atoms with Crippen LogP contribution < -0.4 is 14.8 Å². The van der Waals surface area contributed by atoms with Crippen LogP contribution in [-0.2, 0) is 11.2 Å². The topological polar surface area (TPSA) is 90.7 Å². The van der Waals surface area contributed by atoms with Crippen LogP contribution in [0.4, 0.5) is 14.5 Å². The molecule has 2 aromatic carbocycles. The lowest BCUT2D eigenvalue weighted by molar-refractivity contribution is -0.385. The molecule has 0 atom stereocenters. The summed E-state index contributed by atoms with van der Waals surface area (Å²) in [6.07, 6.45) is 0.478. The number of nitro groups is 1. The Bertz CT molecular complexity index is 753. The quantitative estimate of drug-likeness (QED) is 0.544. The molecule has 0 aromatic heterocycles. The lowest BCUT2D eigenvalue weighted by Gasteiger charge is -2.08. The number of nitrogens with zero attached hydrogens (tertiary/aromatic N) is 1. The van der Waals surface area contributed by atoms with Crippen molar-refractivity contribution in [3.8, 4) is 11.5 Å². The third-order valence-corrected chi connectivity index (χ3v) is 3.31. The molecule has 0 unspecified atom stereocenters. The van der Waals surface area contributed by atoms with Crippen molar-refractivity contribution in [2.45, 2.75) is 13.0 Å². The van der Waals surface area contributed by atoms with Gasteiger partial charge in [0.25, 0.3) is 5.91 Å². The first-order valence-electron chi connectivity index (χ1n) is 7.62. The number of ether oxygens (including phenoxy) is 2. The summed E-state index contributed by atoms with van der Waals surface area (Å²) in [7, 11) is 0. The zero-order chi connectivity index (χ0) is 18.9. The van der Waals surface area contributed by atoms with Crippen LogP contribution in [0.5, 0.6) is 11.5 Å². The number of amides is 1. The van der Waals surface area contributed by atoms with Gasteiger partial charge in [0.15, 0.2) is 12.4 Å². The molecule has 0 aliphatic carbocycles. The van der Waals surface area contributed by atoms with E-state index in [9.17, 15) is 23.7 Å². The summed E-state index contributed by atoms with van der Waals surface area (Å²) in [5, 5.41) is 13.5. The molecule has 2 aromatic rings. The molecular formula is C17H16F2N2O5. The number of nitro benzene ring substituents is 1. The maximum Gasteiger partial charge on any atom is 0.387 e. The normalized spacial score (nSPS) is 10.4. The van der Waals surface area contributed by atoms with Gasteiger partial charge in [-0.1, -0.05) is 24.3 Å². The molecule has 0 aliphatic rings. The fourth-order valence-electron chi connectivity index (χ4n) is 2.11. The average Bonchev–Trinajstić information content (AvgIpc) is 2.61. The lowest BCUT2D eigenvalue weighted by Crippen LogP contribution is -2.30. The maximum atomic E-state index is 12.1. The summed E-state index contributed by atoms with van der Waals surface area (Å²) < 4.78 is 33.5. The van der Waals surface area contributed by atoms with Gasteiger partial charge in [-0.15, -0.1) is 0 Å². The standard InChI is InChI=1S/C17H16F2N2O5/c18-17(19)26-13-7-5-12(6-8-13)9-10-20-16(22)11-25-15-4-2-1-3-14(15)21(23)24/h1-8,17H,9-11H2,(H,20,22). The van der Waals surface area contributed by atoms with Crippen molar-refractivity contribution in [2.75, 3.05) is 13.2 Å². The molecule has 0 saturated heterocycles. The summed E-state index contributed by atoms with van der Waals surface area (Å²) in [5.41, 5.74) is 0.609. The predicted octanol–water partition coefficient (Wildman–Crippen LogP) is 2.93. The first-order valence-corrected chi connectivity index (χ1v) is 7.62. The van der Waals surface area contributed by atoms with Crippen molar-refractivity contribution in [1.82, 2.24) is 5.32 Å². The van der Waals surface area contributed by atoms with Crippen molar-refractivity contribution in [2.24, 2.45) is 0 Å². The average molecular weight is 366 g/mol. The van der Waals surface area contributed by atoms with Crippen LogP contribution in [0.1, 0.15) is 5.56 Å². The lowest BCUT2D eigenvalue weighted by atomic mass is 10.1. The highest BCUT2D eigenvalue weighted by molar-refractivity contribution is 5.77. The molecule has 0 heterocycles. The van der Waals surface area contributed by atoms with E-state index in [0.29, 0.717) is 13.0 Å². The maximum absolute atomic E-state index is 12.1. The Kier molecular flexibility index (Phi) is 6.84. The molecule has 0 fully saturated rings. The summed E-state index contributed by atoms with van der Waals surface area (Å²) in [5.74, 6) is -0.353. The molecule has 0 aliphatic heterocycles. The molecule has 0 saturated carbocycles.